The van der Waals surface area contributed by atoms with Gasteiger partial charge in [0.2, 0.25) is 0 Å². The van der Waals surface area contributed by atoms with E-state index in [4.69, 9.17) is 0 Å². The zero-order chi connectivity index (χ0) is 10.4. The molecule has 0 aromatic carbocycles. The lowest BCUT2D eigenvalue weighted by atomic mass is 10.4. The summed E-state index contributed by atoms with van der Waals surface area (Å²) in [6, 6.07) is 0. The zero-order valence-electron chi connectivity index (χ0n) is 9.81. The molecule has 0 radical (unpaired) electrons. The van der Waals surface area contributed by atoms with Crippen molar-refractivity contribution in [1.82, 2.24) is 10.2 Å². The lowest BCUT2D eigenvalue weighted by Crippen LogP contribution is -2.35. The van der Waals surface area contributed by atoms with Crippen molar-refractivity contribution in [1.29, 1.82) is 0 Å². The molecule has 1 saturated carbocycles. The zero-order valence-corrected chi connectivity index (χ0v) is 10.6. The maximum atomic E-state index is 3.58. The number of nitrogens with zero attached hydrogens (tertiary/aromatic N) is 1. The van der Waals surface area contributed by atoms with Gasteiger partial charge in [0.25, 0.3) is 0 Å². The molecule has 14 heavy (non-hydrogen) atoms. The van der Waals surface area contributed by atoms with Crippen molar-refractivity contribution in [2.45, 2.75) is 31.4 Å². The molecule has 1 aliphatic rings. The highest BCUT2D eigenvalue weighted by Gasteiger charge is 2.41. The van der Waals surface area contributed by atoms with E-state index in [2.05, 4.69) is 30.3 Å². The standard InChI is InChI=1S/C11H24N2S/c1-4-13(5-2)9-8-12-10-11(14-3)6-7-11/h12H,4-10H2,1-3H3. The lowest BCUT2D eigenvalue weighted by molar-refractivity contribution is 0.302. The van der Waals surface area contributed by atoms with Crippen molar-refractivity contribution >= 4 is 11.8 Å². The quantitative estimate of drug-likeness (QED) is 0.623. The minimum Gasteiger partial charge on any atom is -0.314 e. The van der Waals surface area contributed by atoms with Crippen LogP contribution < -0.4 is 5.32 Å². The minimum atomic E-state index is 0.614. The molecular formula is C11H24N2S. The Morgan fingerprint density at radius 1 is 1.29 bits per heavy atom. The van der Waals surface area contributed by atoms with Crippen LogP contribution in [0, 0.1) is 0 Å². The summed E-state index contributed by atoms with van der Waals surface area (Å²) in [4.78, 5) is 2.46. The Bertz CT molecular complexity index is 153. The first kappa shape index (κ1) is 12.3. The molecule has 1 N–H and O–H groups in total. The van der Waals surface area contributed by atoms with Crippen molar-refractivity contribution in [3.63, 3.8) is 0 Å². The van der Waals surface area contributed by atoms with Crippen molar-refractivity contribution < 1.29 is 0 Å². The van der Waals surface area contributed by atoms with Crippen LogP contribution in [-0.2, 0) is 0 Å². The Kier molecular flexibility index (Phi) is 5.28. The van der Waals surface area contributed by atoms with Gasteiger partial charge < -0.3 is 10.2 Å². The monoisotopic (exact) mass is 216 g/mol. The van der Waals surface area contributed by atoms with Gasteiger partial charge in [-0.1, -0.05) is 13.8 Å². The van der Waals surface area contributed by atoms with Gasteiger partial charge in [0.1, 0.15) is 0 Å². The molecule has 0 aromatic rings. The summed E-state index contributed by atoms with van der Waals surface area (Å²) in [5.41, 5.74) is 0. The van der Waals surface area contributed by atoms with Gasteiger partial charge in [-0.05, 0) is 32.2 Å². The molecule has 1 aliphatic carbocycles. The van der Waals surface area contributed by atoms with Crippen LogP contribution in [0.1, 0.15) is 26.7 Å². The van der Waals surface area contributed by atoms with E-state index in [0.29, 0.717) is 4.75 Å². The highest BCUT2D eigenvalue weighted by atomic mass is 32.2. The molecule has 0 saturated heterocycles. The largest absolute Gasteiger partial charge is 0.314 e. The number of thioether (sulfide) groups is 1. The molecule has 3 heteroatoms. The van der Waals surface area contributed by atoms with Crippen LogP contribution in [0.3, 0.4) is 0 Å². The second kappa shape index (κ2) is 5.99. The van der Waals surface area contributed by atoms with E-state index in [-0.39, 0.29) is 0 Å². The van der Waals surface area contributed by atoms with Gasteiger partial charge in [-0.3, -0.25) is 0 Å². The van der Waals surface area contributed by atoms with Crippen molar-refractivity contribution in [2.24, 2.45) is 0 Å². The van der Waals surface area contributed by atoms with E-state index < -0.39 is 0 Å². The van der Waals surface area contributed by atoms with Crippen LogP contribution in [0.2, 0.25) is 0 Å². The molecule has 84 valence electrons. The molecule has 0 heterocycles. The Morgan fingerprint density at radius 3 is 2.36 bits per heavy atom. The predicted molar refractivity (Wildman–Crippen MR) is 66.1 cm³/mol. The van der Waals surface area contributed by atoms with E-state index in [1.165, 1.54) is 39.0 Å². The van der Waals surface area contributed by atoms with Crippen LogP contribution >= 0.6 is 11.8 Å². The second-order valence-electron chi connectivity index (χ2n) is 4.09. The van der Waals surface area contributed by atoms with Gasteiger partial charge in [0.05, 0.1) is 0 Å². The molecule has 0 unspecified atom stereocenters. The van der Waals surface area contributed by atoms with E-state index in [0.717, 1.165) is 6.54 Å². The minimum absolute atomic E-state index is 0.614. The topological polar surface area (TPSA) is 15.3 Å². The predicted octanol–water partition coefficient (Wildman–Crippen LogP) is 1.81. The van der Waals surface area contributed by atoms with Gasteiger partial charge in [0.15, 0.2) is 0 Å². The summed E-state index contributed by atoms with van der Waals surface area (Å²) in [6.07, 6.45) is 5.05. The fourth-order valence-corrected chi connectivity index (χ4v) is 2.44. The fourth-order valence-electron chi connectivity index (χ4n) is 1.69. The molecule has 1 fully saturated rings. The van der Waals surface area contributed by atoms with E-state index in [1.807, 2.05) is 11.8 Å². The number of rotatable bonds is 8. The third kappa shape index (κ3) is 3.79. The van der Waals surface area contributed by atoms with Gasteiger partial charge >= 0.3 is 0 Å². The molecule has 0 amide bonds. The number of likely N-dealkylation sites (N-methyl/N-ethyl adjacent to an activating group) is 1. The molecule has 0 spiro atoms. The first-order chi connectivity index (χ1) is 6.76. The number of hydrogen-bond donors (Lipinski definition) is 1. The Morgan fingerprint density at radius 2 is 1.93 bits per heavy atom. The van der Waals surface area contributed by atoms with Crippen LogP contribution in [0.4, 0.5) is 0 Å². The van der Waals surface area contributed by atoms with Crippen molar-refractivity contribution in [2.75, 3.05) is 39.0 Å². The highest BCUT2D eigenvalue weighted by molar-refractivity contribution is 8.00. The lowest BCUT2D eigenvalue weighted by Gasteiger charge is -2.19. The van der Waals surface area contributed by atoms with E-state index in [1.54, 1.807) is 0 Å². The molecule has 0 aromatic heterocycles. The van der Waals surface area contributed by atoms with E-state index >= 15 is 0 Å². The molecular weight excluding hydrogens is 192 g/mol. The fraction of sp³-hybridized carbons (Fsp3) is 1.00. The maximum Gasteiger partial charge on any atom is 0.0282 e. The normalized spacial score (nSPS) is 18.9. The molecule has 1 rings (SSSR count). The smallest absolute Gasteiger partial charge is 0.0282 e. The maximum absolute atomic E-state index is 3.58. The summed E-state index contributed by atoms with van der Waals surface area (Å²) in [5, 5.41) is 3.58. The van der Waals surface area contributed by atoms with Gasteiger partial charge in [0, 0.05) is 24.4 Å². The van der Waals surface area contributed by atoms with E-state index in [9.17, 15) is 0 Å². The third-order valence-corrected chi connectivity index (χ3v) is 4.61. The van der Waals surface area contributed by atoms with Crippen molar-refractivity contribution in [3.8, 4) is 0 Å². The average molecular weight is 216 g/mol. The average Bonchev–Trinajstić information content (AvgIpc) is 2.99. The number of hydrogen-bond acceptors (Lipinski definition) is 3. The SMILES string of the molecule is CCN(CC)CCNCC1(SC)CC1. The second-order valence-corrected chi connectivity index (χ2v) is 5.37. The van der Waals surface area contributed by atoms with Gasteiger partial charge in [-0.25, -0.2) is 0 Å². The first-order valence-corrected chi connectivity index (χ1v) is 6.97. The first-order valence-electron chi connectivity index (χ1n) is 5.74. The molecule has 0 aliphatic heterocycles. The summed E-state index contributed by atoms with van der Waals surface area (Å²) in [5.74, 6) is 0. The Labute approximate surface area is 92.8 Å². The highest BCUT2D eigenvalue weighted by Crippen LogP contribution is 2.46. The van der Waals surface area contributed by atoms with Gasteiger partial charge in [-0.15, -0.1) is 0 Å². The summed E-state index contributed by atoms with van der Waals surface area (Å²) in [6.45, 7) is 10.3. The van der Waals surface area contributed by atoms with Crippen LogP contribution in [-0.4, -0.2) is 48.6 Å². The van der Waals surface area contributed by atoms with Crippen molar-refractivity contribution in [3.05, 3.63) is 0 Å². The third-order valence-electron chi connectivity index (χ3n) is 3.19. The summed E-state index contributed by atoms with van der Waals surface area (Å²) < 4.78 is 0.614. The number of nitrogens with one attached hydrogen (secondary N) is 1. The summed E-state index contributed by atoms with van der Waals surface area (Å²) in [7, 11) is 0. The van der Waals surface area contributed by atoms with Crippen LogP contribution in [0.5, 0.6) is 0 Å². The summed E-state index contributed by atoms with van der Waals surface area (Å²) >= 11 is 2.03. The Balaban J connectivity index is 1.99. The van der Waals surface area contributed by atoms with Crippen LogP contribution in [0.25, 0.3) is 0 Å². The molecule has 2 nitrogen and oxygen atoms in total. The van der Waals surface area contributed by atoms with Gasteiger partial charge in [-0.2, -0.15) is 11.8 Å². The Hall–Kier alpha value is 0.270. The molecule has 0 bridgehead atoms. The molecule has 0 atom stereocenters. The van der Waals surface area contributed by atoms with Crippen LogP contribution in [0.15, 0.2) is 0 Å².